The first-order chi connectivity index (χ1) is 50.4. The average molecular weight is 1750 g/mol. The molecule has 0 bridgehead atoms. The van der Waals surface area contributed by atoms with Gasteiger partial charge in [-0.15, -0.1) is 0 Å². The van der Waals surface area contributed by atoms with E-state index in [0.29, 0.717) is 47.5 Å². The molecule has 1 aliphatic rings. The number of nitrogens with one attached hydrogen (secondary N) is 3. The van der Waals surface area contributed by atoms with Gasteiger partial charge < -0.3 is 59.7 Å². The van der Waals surface area contributed by atoms with Crippen molar-refractivity contribution in [3.8, 4) is 23.0 Å². The Balaban J connectivity index is 0.000000197. The normalized spacial score (nSPS) is 13.8. The van der Waals surface area contributed by atoms with E-state index in [4.69, 9.17) is 97.1 Å². The van der Waals surface area contributed by atoms with Gasteiger partial charge in [0.25, 0.3) is 30.8 Å². The molecule has 1 saturated heterocycles. The average Bonchev–Trinajstić information content (AvgIpc) is 0.813. The number of rotatable bonds is 18. The molecule has 11 rings (SSSR count). The number of nitrogens with two attached hydrogens (primary N) is 1. The number of phenols is 3. The third kappa shape index (κ3) is 18.3. The van der Waals surface area contributed by atoms with Crippen molar-refractivity contribution in [2.75, 3.05) is 98.4 Å². The van der Waals surface area contributed by atoms with E-state index >= 15 is 0 Å². The molecule has 0 aliphatic carbocycles. The number of hydrogen-bond donors (Lipinski definition) is 7. The molecule has 110 heavy (non-hydrogen) atoms. The number of ether oxygens (including phenoxy) is 2. The number of nitrogens with zero attached hydrogens (tertiary/aromatic N) is 6. The number of anilines is 6. The predicted octanol–water partition coefficient (Wildman–Crippen LogP) is 11.0. The zero-order chi connectivity index (χ0) is 83.3. The lowest BCUT2D eigenvalue weighted by Crippen LogP contribution is -2.49. The van der Waals surface area contributed by atoms with Crippen molar-refractivity contribution in [3.05, 3.63) is 162 Å². The van der Waals surface area contributed by atoms with Crippen LogP contribution in [0.5, 0.6) is 23.0 Å². The van der Waals surface area contributed by atoms with Gasteiger partial charge in [0.05, 0.1) is 68.5 Å². The number of oxazole rings is 2. The van der Waals surface area contributed by atoms with Crippen LogP contribution >= 0.6 is 68.7 Å². The molecule has 10 aromatic rings. The number of furan rings is 1. The van der Waals surface area contributed by atoms with Crippen LogP contribution in [0.1, 0.15) is 77.8 Å². The first-order valence-corrected chi connectivity index (χ1v) is 41.7. The van der Waals surface area contributed by atoms with Crippen LogP contribution in [-0.4, -0.2) is 161 Å². The van der Waals surface area contributed by atoms with Gasteiger partial charge >= 0.3 is 0 Å². The highest BCUT2D eigenvalue weighted by Crippen LogP contribution is 2.46. The Kier molecular flexibility index (Phi) is 26.9. The number of aromatic nitrogens is 2. The monoisotopic (exact) mass is 1740 g/mol. The van der Waals surface area contributed by atoms with Crippen LogP contribution in [-0.2, 0) is 64.7 Å². The van der Waals surface area contributed by atoms with Gasteiger partial charge in [0.15, 0.2) is 34.2 Å². The van der Waals surface area contributed by atoms with Crippen LogP contribution in [0.3, 0.4) is 0 Å². The van der Waals surface area contributed by atoms with Crippen molar-refractivity contribution < 1.29 is 80.1 Å². The molecule has 1 aliphatic heterocycles. The van der Waals surface area contributed by atoms with Gasteiger partial charge in [0.1, 0.15) is 64.1 Å². The van der Waals surface area contributed by atoms with E-state index in [1.165, 1.54) is 112 Å². The maximum Gasteiger partial charge on any atom is 0.272 e. The van der Waals surface area contributed by atoms with E-state index in [1.807, 2.05) is 48.5 Å². The molecule has 1 fully saturated rings. The van der Waals surface area contributed by atoms with Gasteiger partial charge in [0.2, 0.25) is 51.9 Å². The second-order valence-corrected chi connectivity index (χ2v) is 40.2. The minimum absolute atomic E-state index is 0.00328. The molecule has 3 aromatic heterocycles. The van der Waals surface area contributed by atoms with Gasteiger partial charge in [-0.25, -0.2) is 69.3 Å². The number of nitrogen functional groups attached to an aromatic ring is 1. The van der Waals surface area contributed by atoms with E-state index in [-0.39, 0.29) is 102 Å². The number of hydrogen-bond acceptors (Lipinski definition) is 28. The highest BCUT2D eigenvalue weighted by Gasteiger charge is 2.45. The fourth-order valence-electron chi connectivity index (χ4n) is 9.85. The molecule has 0 radical (unpaired) electrons. The summed E-state index contributed by atoms with van der Waals surface area (Å²) in [6.07, 6.45) is 0. The number of sulfonamides is 4. The Morgan fingerprint density at radius 1 is 0.500 bits per heavy atom. The van der Waals surface area contributed by atoms with Crippen LogP contribution in [0.15, 0.2) is 130 Å². The van der Waals surface area contributed by atoms with E-state index in [0.717, 1.165) is 17.2 Å². The van der Waals surface area contributed by atoms with Crippen LogP contribution in [0.4, 0.5) is 34.1 Å². The minimum Gasteiger partial charge on any atom is -0.504 e. The predicted molar refractivity (Wildman–Crippen MR) is 420 cm³/mol. The molecular weight excluding hydrogens is 1670 g/mol. The highest BCUT2D eigenvalue weighted by atomic mass is 35.7. The molecular formula is C67H76Cl6N10O22S5. The van der Waals surface area contributed by atoms with Gasteiger partial charge in [-0.2, -0.15) is 0 Å². The second-order valence-electron chi connectivity index (χ2n) is 27.3. The third-order valence-electron chi connectivity index (χ3n) is 16.1. The van der Waals surface area contributed by atoms with E-state index in [1.54, 1.807) is 31.2 Å². The van der Waals surface area contributed by atoms with Gasteiger partial charge in [-0.1, -0.05) is 106 Å². The van der Waals surface area contributed by atoms with E-state index in [2.05, 4.69) is 25.9 Å². The lowest BCUT2D eigenvalue weighted by molar-refractivity contribution is -0.115. The summed E-state index contributed by atoms with van der Waals surface area (Å²) in [4.78, 5) is 54.6. The molecule has 8 N–H and O–H groups in total. The van der Waals surface area contributed by atoms with Gasteiger partial charge in [0, 0.05) is 83.3 Å². The minimum atomic E-state index is -4.09. The summed E-state index contributed by atoms with van der Waals surface area (Å²) in [6, 6.07) is 17.1. The number of benzene rings is 5. The van der Waals surface area contributed by atoms with Gasteiger partial charge in [-0.3, -0.25) is 19.2 Å². The summed E-state index contributed by atoms with van der Waals surface area (Å²) >= 11 is 29.5. The standard InChI is InChI=1S/C22H24ClN3O7S.C13H13ClN2O6S.C13H17ClN2O3S.C11H11Cl2NO3S.C8H11ClN2O3S/c1-11-5-8-14(33-11)21(22(2)9-32-10-22)25-16-15(18(28)19(16)29)24-13-7-6-12(23)20(17(13)27)34(30,31)26(3)4;1-16(2)23(20,21)13-6(14)4-5-7(9(13)17)15-8-10(18)11(19)12(8)22-3;1-13(2,3)12-15-9-7-6-8(14)11(10(9)19-12)20(17,18)16(4)5;1-11(2,3)10-14-7-5-4-6(12)9(8(7)17-10)18(13,15)16;1-11(2)15(13,14)8-5(9)3-4-6(10)7(8)12/h5-8,21,24-25,27H,9-10H2,1-4H3;4-5,15,17H,1-3H3;6-7H,1-5H3;4-5H,1-3H3;3-4,12H,10H2,1-2H3. The molecule has 0 amide bonds. The van der Waals surface area contributed by atoms with Crippen LogP contribution in [0.2, 0.25) is 25.1 Å². The number of methoxy groups -OCH3 is 1. The van der Waals surface area contributed by atoms with Crippen LogP contribution in [0, 0.1) is 12.3 Å². The number of aryl methyl sites for hydroxylation is 1. The van der Waals surface area contributed by atoms with Crippen molar-refractivity contribution >= 4 is 174 Å². The third-order valence-corrected chi connectivity index (χ3v) is 27.1. The summed E-state index contributed by atoms with van der Waals surface area (Å²) in [5.41, 5.74) is 1.90. The Morgan fingerprint density at radius 3 is 1.23 bits per heavy atom. The largest absolute Gasteiger partial charge is 0.504 e. The van der Waals surface area contributed by atoms with Crippen molar-refractivity contribution in [2.24, 2.45) is 5.41 Å². The fourth-order valence-corrected chi connectivity index (χ4v) is 17.5. The summed E-state index contributed by atoms with van der Waals surface area (Å²) in [5.74, 6) is 0.133. The maximum absolute atomic E-state index is 12.6. The van der Waals surface area contributed by atoms with Crippen LogP contribution < -0.4 is 48.1 Å². The highest BCUT2D eigenvalue weighted by molar-refractivity contribution is 8.14. The molecule has 4 heterocycles. The fraction of sp³-hybridized carbons (Fsp3) is 0.343. The molecule has 0 saturated carbocycles. The smallest absolute Gasteiger partial charge is 0.272 e. The number of phenolic OH excluding ortho intramolecular Hbond substituents is 3. The van der Waals surface area contributed by atoms with Crippen molar-refractivity contribution in [1.29, 1.82) is 0 Å². The van der Waals surface area contributed by atoms with Crippen molar-refractivity contribution in [1.82, 2.24) is 27.2 Å². The maximum atomic E-state index is 12.6. The lowest BCUT2D eigenvalue weighted by Gasteiger charge is -2.44. The molecule has 598 valence electrons. The molecule has 32 nitrogen and oxygen atoms in total. The Bertz CT molecular complexity index is 5980. The lowest BCUT2D eigenvalue weighted by atomic mass is 9.79. The molecule has 1 unspecified atom stereocenters. The topological polar surface area (TPSA) is 458 Å². The second kappa shape index (κ2) is 33.1. The van der Waals surface area contributed by atoms with Crippen LogP contribution in [0.25, 0.3) is 22.2 Å². The summed E-state index contributed by atoms with van der Waals surface area (Å²) in [7, 11) is -2.26. The van der Waals surface area contributed by atoms with E-state index in [9.17, 15) is 76.6 Å². The van der Waals surface area contributed by atoms with Crippen molar-refractivity contribution in [3.63, 3.8) is 0 Å². The molecule has 43 heteroatoms. The molecule has 0 spiro atoms. The van der Waals surface area contributed by atoms with Gasteiger partial charge in [-0.05, 0) is 79.7 Å². The first kappa shape index (κ1) is 89.4. The van der Waals surface area contributed by atoms with Crippen molar-refractivity contribution in [2.45, 2.75) is 96.7 Å². The number of aromatic hydroxyl groups is 3. The molecule has 7 aromatic carbocycles. The SMILES string of the molecule is CC(C)(C)c1nc2ccc(Cl)c(S(=O)(=O)Cl)c2o1.CN(C)S(=O)(=O)c1c(Cl)ccc(N)c1O.CN(C)S(=O)(=O)c1c(Cl)ccc2nc(C(C)(C)C)oc12.COc1c(Nc2ccc(Cl)c(S(=O)(=O)N(C)C)c2O)c(=O)c1=O.Cc1ccc(C(Nc2c(Nc3ccc(Cl)c(S(=O)(=O)N(C)C)c3O)c(=O)c2=O)C2(C)COC2)o1. The first-order valence-electron chi connectivity index (χ1n) is 31.7. The zero-order valence-electron chi connectivity index (χ0n) is 61.6. The summed E-state index contributed by atoms with van der Waals surface area (Å²) < 4.78 is 152. The Labute approximate surface area is 662 Å². The Hall–Kier alpha value is -7.83. The Morgan fingerprint density at radius 2 is 0.855 bits per heavy atom. The summed E-state index contributed by atoms with van der Waals surface area (Å²) in [5, 5.41) is 38.5. The summed E-state index contributed by atoms with van der Waals surface area (Å²) in [6.45, 7) is 16.2. The quantitative estimate of drug-likeness (QED) is 0.0182. The zero-order valence-corrected chi connectivity index (χ0v) is 70.2. The number of fused-ring (bicyclic) bond motifs is 2. The molecule has 1 atom stereocenters. The van der Waals surface area contributed by atoms with E-state index < -0.39 is 109 Å². The number of halogens is 6.